The van der Waals surface area contributed by atoms with E-state index in [9.17, 15) is 9.59 Å². The summed E-state index contributed by atoms with van der Waals surface area (Å²) in [5.74, 6) is -0.890. The van der Waals surface area contributed by atoms with Gasteiger partial charge in [-0.1, -0.05) is 20.3 Å². The second kappa shape index (κ2) is 8.87. The summed E-state index contributed by atoms with van der Waals surface area (Å²) in [7, 11) is 0. The zero-order chi connectivity index (χ0) is 15.8. The van der Waals surface area contributed by atoms with Gasteiger partial charge in [-0.3, -0.25) is 4.79 Å². The van der Waals surface area contributed by atoms with Gasteiger partial charge in [0.1, 0.15) is 0 Å². The summed E-state index contributed by atoms with van der Waals surface area (Å²) in [5, 5.41) is 8.85. The van der Waals surface area contributed by atoms with E-state index in [1.54, 1.807) is 4.90 Å². The predicted octanol–water partition coefficient (Wildman–Crippen LogP) is 2.18. The maximum atomic E-state index is 12.7. The van der Waals surface area contributed by atoms with Crippen LogP contribution in [0.25, 0.3) is 0 Å². The number of carbonyl (C=O) groups excluding carboxylic acids is 1. The molecular formula is C15H28N2O4. The topological polar surface area (TPSA) is 70.1 Å². The van der Waals surface area contributed by atoms with E-state index in [2.05, 4.69) is 20.8 Å². The summed E-state index contributed by atoms with van der Waals surface area (Å²) in [5.41, 5.74) is 0. The van der Waals surface area contributed by atoms with Crippen molar-refractivity contribution in [2.75, 3.05) is 26.2 Å². The average molecular weight is 300 g/mol. The summed E-state index contributed by atoms with van der Waals surface area (Å²) < 4.78 is 5.42. The number of nitrogens with zero attached hydrogens (tertiary/aromatic N) is 2. The summed E-state index contributed by atoms with van der Waals surface area (Å²) >= 11 is 0. The number of unbranched alkanes of at least 4 members (excludes halogenated alkanes) is 1. The van der Waals surface area contributed by atoms with Crippen LogP contribution >= 0.6 is 0 Å². The molecule has 1 heterocycles. The molecule has 0 saturated carbocycles. The fraction of sp³-hybridized carbons (Fsp3) is 0.867. The van der Waals surface area contributed by atoms with Crippen molar-refractivity contribution < 1.29 is 19.4 Å². The molecule has 1 aliphatic heterocycles. The summed E-state index contributed by atoms with van der Waals surface area (Å²) in [4.78, 5) is 27.1. The third-order valence-corrected chi connectivity index (χ3v) is 3.93. The van der Waals surface area contributed by atoms with Crippen molar-refractivity contribution in [3.8, 4) is 0 Å². The zero-order valence-electron chi connectivity index (χ0n) is 13.4. The molecule has 6 nitrogen and oxygen atoms in total. The lowest BCUT2D eigenvalue weighted by atomic mass is 10.2. The van der Waals surface area contributed by atoms with Gasteiger partial charge >= 0.3 is 12.0 Å². The molecule has 1 aliphatic rings. The second-order valence-corrected chi connectivity index (χ2v) is 5.62. The van der Waals surface area contributed by atoms with Crippen LogP contribution in [-0.2, 0) is 9.53 Å². The van der Waals surface area contributed by atoms with Gasteiger partial charge in [0.15, 0.2) is 0 Å². The van der Waals surface area contributed by atoms with E-state index in [4.69, 9.17) is 9.84 Å². The van der Waals surface area contributed by atoms with Crippen molar-refractivity contribution in [3.63, 3.8) is 0 Å². The van der Waals surface area contributed by atoms with Gasteiger partial charge < -0.3 is 19.6 Å². The molecule has 21 heavy (non-hydrogen) atoms. The lowest BCUT2D eigenvalue weighted by Gasteiger charge is -2.38. The Morgan fingerprint density at radius 2 is 2.14 bits per heavy atom. The highest BCUT2D eigenvalue weighted by Gasteiger charge is 2.30. The lowest BCUT2D eigenvalue weighted by molar-refractivity contribution is -0.141. The number of urea groups is 1. The Balaban J connectivity index is 2.66. The van der Waals surface area contributed by atoms with Crippen LogP contribution in [0.5, 0.6) is 0 Å². The first-order valence-electron chi connectivity index (χ1n) is 7.88. The number of carbonyl (C=O) groups is 2. The number of carboxylic acids is 1. The smallest absolute Gasteiger partial charge is 0.320 e. The van der Waals surface area contributed by atoms with Crippen molar-refractivity contribution in [2.45, 2.75) is 58.6 Å². The molecule has 1 fully saturated rings. The fourth-order valence-electron chi connectivity index (χ4n) is 2.45. The number of hydrogen-bond donors (Lipinski definition) is 1. The molecule has 1 N–H and O–H groups in total. The molecule has 0 aliphatic carbocycles. The minimum absolute atomic E-state index is 0.0106. The van der Waals surface area contributed by atoms with Crippen LogP contribution in [-0.4, -0.2) is 65.3 Å². The molecule has 2 amide bonds. The minimum Gasteiger partial charge on any atom is -0.481 e. The van der Waals surface area contributed by atoms with Gasteiger partial charge in [-0.05, 0) is 19.8 Å². The molecule has 0 aromatic heterocycles. The first-order chi connectivity index (χ1) is 9.99. The second-order valence-electron chi connectivity index (χ2n) is 5.62. The highest BCUT2D eigenvalue weighted by Crippen LogP contribution is 2.15. The van der Waals surface area contributed by atoms with Gasteiger partial charge in [0.2, 0.25) is 0 Å². The molecule has 1 rings (SSSR count). The third-order valence-electron chi connectivity index (χ3n) is 3.93. The molecular weight excluding hydrogens is 272 g/mol. The van der Waals surface area contributed by atoms with Crippen molar-refractivity contribution in [1.29, 1.82) is 0 Å². The highest BCUT2D eigenvalue weighted by molar-refractivity contribution is 5.75. The quantitative estimate of drug-likeness (QED) is 0.782. The minimum atomic E-state index is -0.890. The van der Waals surface area contributed by atoms with Crippen molar-refractivity contribution in [1.82, 2.24) is 9.80 Å². The fourth-order valence-corrected chi connectivity index (χ4v) is 2.45. The Morgan fingerprint density at radius 3 is 2.71 bits per heavy atom. The first kappa shape index (κ1) is 17.8. The standard InChI is InChI=1S/C15H28N2O4/c1-4-6-7-17(12(3)5-2)15(20)16-8-9-21-13(11-16)10-14(18)19/h12-13H,4-11H2,1-3H3,(H,18,19). The van der Waals surface area contributed by atoms with E-state index in [0.717, 1.165) is 25.8 Å². The number of carboxylic acid groups (broad SMARTS) is 1. The Hall–Kier alpha value is -1.30. The normalized spacial score (nSPS) is 20.1. The summed E-state index contributed by atoms with van der Waals surface area (Å²) in [6.07, 6.45) is 2.50. The Morgan fingerprint density at radius 1 is 1.43 bits per heavy atom. The van der Waals surface area contributed by atoms with E-state index < -0.39 is 12.1 Å². The number of amides is 2. The highest BCUT2D eigenvalue weighted by atomic mass is 16.5. The van der Waals surface area contributed by atoms with Crippen molar-refractivity contribution in [2.24, 2.45) is 0 Å². The largest absolute Gasteiger partial charge is 0.481 e. The van der Waals surface area contributed by atoms with Crippen molar-refractivity contribution in [3.05, 3.63) is 0 Å². The average Bonchev–Trinajstić information content (AvgIpc) is 2.46. The number of morpholine rings is 1. The zero-order valence-corrected chi connectivity index (χ0v) is 13.4. The van der Waals surface area contributed by atoms with Gasteiger partial charge in [0, 0.05) is 25.7 Å². The molecule has 122 valence electrons. The van der Waals surface area contributed by atoms with Crippen LogP contribution in [0.15, 0.2) is 0 Å². The molecule has 0 spiro atoms. The molecule has 0 aromatic carbocycles. The SMILES string of the molecule is CCCCN(C(=O)N1CCOC(CC(=O)O)C1)C(C)CC. The van der Waals surface area contributed by atoms with Gasteiger partial charge in [0.05, 0.1) is 19.1 Å². The molecule has 6 heteroatoms. The number of aliphatic carboxylic acids is 1. The van der Waals surface area contributed by atoms with Crippen LogP contribution in [0.4, 0.5) is 4.79 Å². The van der Waals surface area contributed by atoms with Crippen LogP contribution in [0, 0.1) is 0 Å². The Kier molecular flexibility index (Phi) is 7.50. The maximum absolute atomic E-state index is 12.7. The number of ether oxygens (including phenoxy) is 1. The van der Waals surface area contributed by atoms with Crippen molar-refractivity contribution >= 4 is 12.0 Å². The summed E-state index contributed by atoms with van der Waals surface area (Å²) in [6, 6.07) is 0.210. The van der Waals surface area contributed by atoms with E-state index in [-0.39, 0.29) is 18.5 Å². The van der Waals surface area contributed by atoms with E-state index in [1.165, 1.54) is 0 Å². The lowest BCUT2D eigenvalue weighted by Crippen LogP contribution is -2.53. The Labute approximate surface area is 127 Å². The van der Waals surface area contributed by atoms with Gasteiger partial charge in [-0.2, -0.15) is 0 Å². The van der Waals surface area contributed by atoms with Crippen LogP contribution in [0.2, 0.25) is 0 Å². The van der Waals surface area contributed by atoms with Crippen LogP contribution in [0.3, 0.4) is 0 Å². The molecule has 2 unspecified atom stereocenters. The third kappa shape index (κ3) is 5.53. The maximum Gasteiger partial charge on any atom is 0.320 e. The van der Waals surface area contributed by atoms with Gasteiger partial charge in [-0.15, -0.1) is 0 Å². The first-order valence-corrected chi connectivity index (χ1v) is 7.88. The Bertz CT molecular complexity index is 349. The van der Waals surface area contributed by atoms with E-state index >= 15 is 0 Å². The molecule has 0 radical (unpaired) electrons. The molecule has 0 aromatic rings. The monoisotopic (exact) mass is 300 g/mol. The number of hydrogen-bond acceptors (Lipinski definition) is 3. The van der Waals surface area contributed by atoms with Crippen LogP contribution in [0.1, 0.15) is 46.5 Å². The van der Waals surface area contributed by atoms with Gasteiger partial charge in [0.25, 0.3) is 0 Å². The number of rotatable bonds is 7. The van der Waals surface area contributed by atoms with E-state index in [0.29, 0.717) is 19.7 Å². The van der Waals surface area contributed by atoms with Gasteiger partial charge in [-0.25, -0.2) is 4.79 Å². The predicted molar refractivity (Wildman–Crippen MR) is 80.3 cm³/mol. The summed E-state index contributed by atoms with van der Waals surface area (Å²) in [6.45, 7) is 8.30. The molecule has 1 saturated heterocycles. The van der Waals surface area contributed by atoms with E-state index in [1.807, 2.05) is 4.90 Å². The molecule has 0 bridgehead atoms. The molecule has 2 atom stereocenters. The van der Waals surface area contributed by atoms with Crippen LogP contribution < -0.4 is 0 Å².